The first kappa shape index (κ1) is 16.8. The largest absolute Gasteiger partial charge is 0.507 e. The van der Waals surface area contributed by atoms with Gasteiger partial charge in [0.1, 0.15) is 11.6 Å². The minimum Gasteiger partial charge on any atom is -0.507 e. The lowest BCUT2D eigenvalue weighted by Gasteiger charge is -2.24. The molecule has 1 unspecified atom stereocenters. The van der Waals surface area contributed by atoms with E-state index in [-0.39, 0.29) is 24.3 Å². The van der Waals surface area contributed by atoms with Crippen molar-refractivity contribution in [3.63, 3.8) is 0 Å². The summed E-state index contributed by atoms with van der Waals surface area (Å²) in [7, 11) is 0. The molecular formula is C18H15FN2O4. The molecule has 1 atom stereocenters. The Kier molecular flexibility index (Phi) is 4.58. The zero-order chi connectivity index (χ0) is 18.0. The highest BCUT2D eigenvalue weighted by atomic mass is 19.1. The number of hydrogen-bond acceptors (Lipinski definition) is 5. The molecule has 1 aromatic carbocycles. The standard InChI is InChI=1S/C18H15FN2O4/c19-13-5-3-11(4-6-13)16(23)14-15(12-2-1-7-20-10-12)21(8-9-22)18(25)17(14)24/h1-7,10,15,22-23H,8-9H2/b16-14-. The number of aliphatic hydroxyl groups excluding tert-OH is 2. The van der Waals surface area contributed by atoms with Crippen LogP contribution in [0.1, 0.15) is 17.2 Å². The molecular weight excluding hydrogens is 327 g/mol. The van der Waals surface area contributed by atoms with Crippen LogP contribution in [0.25, 0.3) is 5.76 Å². The second-order valence-electron chi connectivity index (χ2n) is 5.51. The van der Waals surface area contributed by atoms with E-state index in [1.54, 1.807) is 18.3 Å². The Hall–Kier alpha value is -3.06. The van der Waals surface area contributed by atoms with E-state index in [1.165, 1.54) is 23.2 Å². The third-order valence-electron chi connectivity index (χ3n) is 4.00. The summed E-state index contributed by atoms with van der Waals surface area (Å²) < 4.78 is 13.1. The van der Waals surface area contributed by atoms with Crippen LogP contribution >= 0.6 is 0 Å². The molecule has 2 aromatic rings. The van der Waals surface area contributed by atoms with Gasteiger partial charge >= 0.3 is 0 Å². The highest BCUT2D eigenvalue weighted by molar-refractivity contribution is 6.46. The predicted molar refractivity (Wildman–Crippen MR) is 86.7 cm³/mol. The normalized spacial score (nSPS) is 19.4. The number of carbonyl (C=O) groups excluding carboxylic acids is 2. The van der Waals surface area contributed by atoms with Gasteiger partial charge in [-0.25, -0.2) is 4.39 Å². The summed E-state index contributed by atoms with van der Waals surface area (Å²) in [6.45, 7) is -0.398. The fraction of sp³-hybridized carbons (Fsp3) is 0.167. The number of ketones is 1. The van der Waals surface area contributed by atoms with E-state index in [1.807, 2.05) is 0 Å². The molecule has 3 rings (SSSR count). The van der Waals surface area contributed by atoms with Crippen molar-refractivity contribution in [2.45, 2.75) is 6.04 Å². The van der Waals surface area contributed by atoms with Gasteiger partial charge < -0.3 is 15.1 Å². The van der Waals surface area contributed by atoms with E-state index in [2.05, 4.69) is 4.98 Å². The van der Waals surface area contributed by atoms with E-state index in [0.29, 0.717) is 5.56 Å². The molecule has 0 saturated carbocycles. The molecule has 1 aromatic heterocycles. The van der Waals surface area contributed by atoms with Gasteiger partial charge in [0.15, 0.2) is 0 Å². The van der Waals surface area contributed by atoms with Crippen LogP contribution < -0.4 is 0 Å². The summed E-state index contributed by atoms with van der Waals surface area (Å²) in [5, 5.41) is 19.8. The van der Waals surface area contributed by atoms with Crippen molar-refractivity contribution in [3.8, 4) is 0 Å². The van der Waals surface area contributed by atoms with Crippen LogP contribution in [-0.2, 0) is 9.59 Å². The maximum Gasteiger partial charge on any atom is 0.295 e. The predicted octanol–water partition coefficient (Wildman–Crippen LogP) is 1.63. The number of Topliss-reactive ketones (excluding diaryl/α,β-unsaturated/α-hetero) is 1. The Morgan fingerprint density at radius 1 is 1.20 bits per heavy atom. The first-order valence-electron chi connectivity index (χ1n) is 7.59. The van der Waals surface area contributed by atoms with Gasteiger partial charge in [0.05, 0.1) is 18.2 Å². The molecule has 0 bridgehead atoms. The molecule has 1 aliphatic rings. The van der Waals surface area contributed by atoms with Crippen molar-refractivity contribution in [2.24, 2.45) is 0 Å². The Bertz CT molecular complexity index is 834. The number of nitrogens with zero attached hydrogens (tertiary/aromatic N) is 2. The molecule has 0 aliphatic carbocycles. The Labute approximate surface area is 142 Å². The molecule has 1 saturated heterocycles. The van der Waals surface area contributed by atoms with Crippen LogP contribution in [0, 0.1) is 5.82 Å². The topological polar surface area (TPSA) is 90.7 Å². The third kappa shape index (κ3) is 3.01. The first-order chi connectivity index (χ1) is 12.0. The van der Waals surface area contributed by atoms with Gasteiger partial charge in [0.25, 0.3) is 11.7 Å². The van der Waals surface area contributed by atoms with Crippen LogP contribution in [0.3, 0.4) is 0 Å². The molecule has 2 heterocycles. The molecule has 1 aliphatic heterocycles. The van der Waals surface area contributed by atoms with Gasteiger partial charge in [0.2, 0.25) is 0 Å². The van der Waals surface area contributed by atoms with Crippen LogP contribution in [0.15, 0.2) is 54.4 Å². The molecule has 0 spiro atoms. The molecule has 6 nitrogen and oxygen atoms in total. The maximum atomic E-state index is 13.1. The highest BCUT2D eigenvalue weighted by Crippen LogP contribution is 2.38. The zero-order valence-corrected chi connectivity index (χ0v) is 13.1. The fourth-order valence-electron chi connectivity index (χ4n) is 2.87. The Morgan fingerprint density at radius 2 is 1.92 bits per heavy atom. The van der Waals surface area contributed by atoms with Crippen molar-refractivity contribution in [1.29, 1.82) is 0 Å². The number of pyridine rings is 1. The second-order valence-corrected chi connectivity index (χ2v) is 5.51. The molecule has 128 valence electrons. The summed E-state index contributed by atoms with van der Waals surface area (Å²) in [4.78, 5) is 30.0. The number of hydrogen-bond donors (Lipinski definition) is 2. The zero-order valence-electron chi connectivity index (χ0n) is 13.1. The number of aliphatic hydroxyl groups is 2. The van der Waals surface area contributed by atoms with Crippen LogP contribution in [0.4, 0.5) is 4.39 Å². The van der Waals surface area contributed by atoms with E-state index >= 15 is 0 Å². The Morgan fingerprint density at radius 3 is 2.52 bits per heavy atom. The number of aromatic nitrogens is 1. The minimum absolute atomic E-state index is 0.0651. The third-order valence-corrected chi connectivity index (χ3v) is 4.00. The van der Waals surface area contributed by atoms with Crippen LogP contribution in [0.2, 0.25) is 0 Å². The van der Waals surface area contributed by atoms with Crippen molar-refractivity contribution in [1.82, 2.24) is 9.88 Å². The lowest BCUT2D eigenvalue weighted by atomic mass is 9.96. The van der Waals surface area contributed by atoms with Gasteiger partial charge in [0, 0.05) is 24.5 Å². The minimum atomic E-state index is -0.870. The number of carbonyl (C=O) groups is 2. The molecule has 2 N–H and O–H groups in total. The Balaban J connectivity index is 2.17. The summed E-state index contributed by atoms with van der Waals surface area (Å²) in [5.74, 6) is -2.55. The SMILES string of the molecule is O=C1C(=O)N(CCO)C(c2cccnc2)/C1=C(/O)c1ccc(F)cc1. The second kappa shape index (κ2) is 6.82. The lowest BCUT2D eigenvalue weighted by Crippen LogP contribution is -2.32. The molecule has 25 heavy (non-hydrogen) atoms. The van der Waals surface area contributed by atoms with E-state index < -0.39 is 29.3 Å². The van der Waals surface area contributed by atoms with Crippen LogP contribution in [0.5, 0.6) is 0 Å². The lowest BCUT2D eigenvalue weighted by molar-refractivity contribution is -0.140. The quantitative estimate of drug-likeness (QED) is 0.501. The number of β-amino-alcohol motifs (C(OH)–C–C–N with tert-alkyl or cyclic N) is 1. The average Bonchev–Trinajstić information content (AvgIpc) is 2.88. The summed E-state index contributed by atoms with van der Waals surface area (Å²) in [6, 6.07) is 7.40. The number of benzene rings is 1. The summed E-state index contributed by atoms with van der Waals surface area (Å²) >= 11 is 0. The fourth-order valence-corrected chi connectivity index (χ4v) is 2.87. The monoisotopic (exact) mass is 342 g/mol. The van der Waals surface area contributed by atoms with E-state index in [0.717, 1.165) is 12.1 Å². The average molecular weight is 342 g/mol. The van der Waals surface area contributed by atoms with Gasteiger partial charge in [-0.2, -0.15) is 0 Å². The molecule has 0 radical (unpaired) electrons. The van der Waals surface area contributed by atoms with Crippen LogP contribution in [-0.4, -0.2) is 44.9 Å². The first-order valence-corrected chi connectivity index (χ1v) is 7.59. The summed E-state index contributed by atoms with van der Waals surface area (Å²) in [6.07, 6.45) is 3.03. The van der Waals surface area contributed by atoms with E-state index in [9.17, 15) is 24.2 Å². The number of amides is 1. The maximum absolute atomic E-state index is 13.1. The van der Waals surface area contributed by atoms with Crippen molar-refractivity contribution < 1.29 is 24.2 Å². The van der Waals surface area contributed by atoms with Gasteiger partial charge in [-0.05, 0) is 35.9 Å². The number of likely N-dealkylation sites (tertiary alicyclic amines) is 1. The van der Waals surface area contributed by atoms with Crippen molar-refractivity contribution in [3.05, 3.63) is 71.3 Å². The van der Waals surface area contributed by atoms with Gasteiger partial charge in [-0.1, -0.05) is 6.07 Å². The number of rotatable bonds is 4. The molecule has 7 heteroatoms. The molecule has 1 amide bonds. The number of halogens is 1. The van der Waals surface area contributed by atoms with Crippen molar-refractivity contribution >= 4 is 17.4 Å². The highest BCUT2D eigenvalue weighted by Gasteiger charge is 2.45. The van der Waals surface area contributed by atoms with Gasteiger partial charge in [-0.15, -0.1) is 0 Å². The smallest absolute Gasteiger partial charge is 0.295 e. The summed E-state index contributed by atoms with van der Waals surface area (Å²) in [5.41, 5.74) is 0.633. The van der Waals surface area contributed by atoms with Crippen molar-refractivity contribution in [2.75, 3.05) is 13.2 Å². The van der Waals surface area contributed by atoms with Gasteiger partial charge in [-0.3, -0.25) is 14.6 Å². The molecule has 1 fully saturated rings. The van der Waals surface area contributed by atoms with E-state index in [4.69, 9.17) is 0 Å².